The van der Waals surface area contributed by atoms with Crippen LogP contribution in [0.4, 0.5) is 5.69 Å². The highest BCUT2D eigenvalue weighted by Crippen LogP contribution is 2.25. The molecule has 8 nitrogen and oxygen atoms in total. The van der Waals surface area contributed by atoms with Crippen molar-refractivity contribution < 1.29 is 19.4 Å². The van der Waals surface area contributed by atoms with E-state index in [-0.39, 0.29) is 11.7 Å². The van der Waals surface area contributed by atoms with Crippen LogP contribution in [-0.4, -0.2) is 59.3 Å². The summed E-state index contributed by atoms with van der Waals surface area (Å²) in [5.41, 5.74) is 1.20. The monoisotopic (exact) mass is 294 g/mol. The molecule has 2 aromatic heterocycles. The highest BCUT2D eigenvalue weighted by Gasteiger charge is 2.18. The number of pyridine rings is 1. The summed E-state index contributed by atoms with van der Waals surface area (Å²) < 4.78 is 11.9. The van der Waals surface area contributed by atoms with Gasteiger partial charge in [-0.15, -0.1) is 0 Å². The number of nitrogens with one attached hydrogen (secondary N) is 1. The molecule has 0 radical (unpaired) electrons. The van der Waals surface area contributed by atoms with Crippen LogP contribution in [0, 0.1) is 0 Å². The molecule has 2 rings (SSSR count). The molecular weight excluding hydrogens is 276 g/mol. The Balaban J connectivity index is 2.35. The Bertz CT molecular complexity index is 640. The van der Waals surface area contributed by atoms with E-state index in [1.165, 1.54) is 6.20 Å². The van der Waals surface area contributed by atoms with Crippen molar-refractivity contribution in [1.29, 1.82) is 0 Å². The van der Waals surface area contributed by atoms with Crippen molar-refractivity contribution in [3.05, 3.63) is 18.0 Å². The minimum atomic E-state index is -1.04. The Kier molecular flexibility index (Phi) is 4.71. The molecular formula is C13H18N4O4. The maximum atomic E-state index is 11.3. The van der Waals surface area contributed by atoms with E-state index < -0.39 is 5.97 Å². The molecule has 2 N–H and O–H groups in total. The van der Waals surface area contributed by atoms with Gasteiger partial charge in [0.05, 0.1) is 30.0 Å². The summed E-state index contributed by atoms with van der Waals surface area (Å²) in [5, 5.41) is 17.2. The number of aromatic nitrogens is 3. The van der Waals surface area contributed by atoms with Gasteiger partial charge >= 0.3 is 5.97 Å². The molecule has 1 atom stereocenters. The van der Waals surface area contributed by atoms with Gasteiger partial charge in [-0.3, -0.25) is 4.68 Å². The fourth-order valence-corrected chi connectivity index (χ4v) is 2.06. The van der Waals surface area contributed by atoms with Gasteiger partial charge in [0.25, 0.3) is 0 Å². The normalized spacial score (nSPS) is 12.5. The molecule has 21 heavy (non-hydrogen) atoms. The zero-order chi connectivity index (χ0) is 15.4. The quantitative estimate of drug-likeness (QED) is 0.777. The first-order chi connectivity index (χ1) is 10.1. The van der Waals surface area contributed by atoms with E-state index in [2.05, 4.69) is 15.4 Å². The number of aromatic carboxylic acids is 1. The third kappa shape index (κ3) is 3.11. The fraction of sp³-hybridized carbons (Fsp3) is 0.462. The summed E-state index contributed by atoms with van der Waals surface area (Å²) in [4.78, 5) is 15.5. The van der Waals surface area contributed by atoms with Gasteiger partial charge in [0.15, 0.2) is 5.65 Å². The number of nitrogens with zero attached hydrogens (tertiary/aromatic N) is 3. The number of methoxy groups -OCH3 is 2. The number of anilines is 1. The molecule has 8 heteroatoms. The van der Waals surface area contributed by atoms with Crippen molar-refractivity contribution in [2.75, 3.05) is 32.7 Å². The van der Waals surface area contributed by atoms with Crippen LogP contribution in [0.3, 0.4) is 0 Å². The lowest BCUT2D eigenvalue weighted by molar-refractivity contribution is 0.0365. The lowest BCUT2D eigenvalue weighted by atomic mass is 10.1. The number of carbonyl (C=O) groups is 1. The Morgan fingerprint density at radius 1 is 1.48 bits per heavy atom. The Morgan fingerprint density at radius 2 is 2.24 bits per heavy atom. The van der Waals surface area contributed by atoms with Crippen molar-refractivity contribution >= 4 is 22.7 Å². The largest absolute Gasteiger partial charge is 0.478 e. The maximum absolute atomic E-state index is 11.3. The van der Waals surface area contributed by atoms with Crippen LogP contribution in [0.2, 0.25) is 0 Å². The van der Waals surface area contributed by atoms with Gasteiger partial charge in [0, 0.05) is 34.0 Å². The third-order valence-corrected chi connectivity index (χ3v) is 3.18. The molecule has 0 bridgehead atoms. The number of rotatable bonds is 7. The van der Waals surface area contributed by atoms with Gasteiger partial charge in [0.2, 0.25) is 0 Å². The average Bonchev–Trinajstić information content (AvgIpc) is 2.84. The number of carboxylic acids is 1. The molecule has 0 spiro atoms. The first kappa shape index (κ1) is 15.2. The summed E-state index contributed by atoms with van der Waals surface area (Å²) in [7, 11) is 4.92. The SMILES string of the molecule is COCC(CNc1c(C(=O)O)cnc2c1cnn2C)OC. The van der Waals surface area contributed by atoms with E-state index in [1.807, 2.05) is 0 Å². The lowest BCUT2D eigenvalue weighted by Gasteiger charge is -2.17. The lowest BCUT2D eigenvalue weighted by Crippen LogP contribution is -2.27. The fourth-order valence-electron chi connectivity index (χ4n) is 2.06. The molecule has 0 aliphatic carbocycles. The predicted octanol–water partition coefficient (Wildman–Crippen LogP) is 0.740. The molecule has 2 aromatic rings. The number of aryl methyl sites for hydroxylation is 1. The van der Waals surface area contributed by atoms with Gasteiger partial charge in [-0.2, -0.15) is 5.10 Å². The van der Waals surface area contributed by atoms with Crippen LogP contribution >= 0.6 is 0 Å². The van der Waals surface area contributed by atoms with E-state index in [4.69, 9.17) is 9.47 Å². The molecule has 0 saturated heterocycles. The number of hydrogen-bond donors (Lipinski definition) is 2. The average molecular weight is 294 g/mol. The standard InChI is InChI=1S/C13H18N4O4/c1-17-12-9(6-16-17)11(10(5-15-12)13(18)19)14-4-8(21-3)7-20-2/h5-6,8H,4,7H2,1-3H3,(H,14,15)(H,18,19). The number of carboxylic acid groups (broad SMARTS) is 1. The minimum Gasteiger partial charge on any atom is -0.478 e. The minimum absolute atomic E-state index is 0.0998. The molecule has 0 aromatic carbocycles. The van der Waals surface area contributed by atoms with Gasteiger partial charge in [-0.1, -0.05) is 0 Å². The van der Waals surface area contributed by atoms with E-state index in [0.29, 0.717) is 29.9 Å². The van der Waals surface area contributed by atoms with Crippen LogP contribution in [0.25, 0.3) is 11.0 Å². The van der Waals surface area contributed by atoms with Crippen molar-refractivity contribution in [3.63, 3.8) is 0 Å². The zero-order valence-corrected chi connectivity index (χ0v) is 12.2. The smallest absolute Gasteiger partial charge is 0.339 e. The first-order valence-electron chi connectivity index (χ1n) is 6.38. The molecule has 0 amide bonds. The second-order valence-electron chi connectivity index (χ2n) is 4.55. The summed E-state index contributed by atoms with van der Waals surface area (Å²) in [6, 6.07) is 0. The van der Waals surface area contributed by atoms with E-state index in [0.717, 1.165) is 0 Å². The predicted molar refractivity (Wildman–Crippen MR) is 76.6 cm³/mol. The topological polar surface area (TPSA) is 98.5 Å². The molecule has 0 fully saturated rings. The second kappa shape index (κ2) is 6.51. The van der Waals surface area contributed by atoms with Gasteiger partial charge in [-0.25, -0.2) is 9.78 Å². The van der Waals surface area contributed by atoms with Gasteiger partial charge in [-0.05, 0) is 0 Å². The summed E-state index contributed by atoms with van der Waals surface area (Å²) in [6.07, 6.45) is 2.73. The number of hydrogen-bond acceptors (Lipinski definition) is 6. The Labute approximate surface area is 121 Å². The molecule has 0 aliphatic rings. The summed E-state index contributed by atoms with van der Waals surface area (Å²) >= 11 is 0. The van der Waals surface area contributed by atoms with Crippen LogP contribution in [0.5, 0.6) is 0 Å². The molecule has 0 aliphatic heterocycles. The summed E-state index contributed by atoms with van der Waals surface area (Å²) in [5.74, 6) is -1.04. The molecule has 114 valence electrons. The molecule has 0 saturated carbocycles. The Hall–Kier alpha value is -2.19. The van der Waals surface area contributed by atoms with Crippen LogP contribution in [0.1, 0.15) is 10.4 Å². The van der Waals surface area contributed by atoms with E-state index in [1.54, 1.807) is 32.1 Å². The van der Waals surface area contributed by atoms with Crippen molar-refractivity contribution in [1.82, 2.24) is 14.8 Å². The third-order valence-electron chi connectivity index (χ3n) is 3.18. The zero-order valence-electron chi connectivity index (χ0n) is 12.2. The van der Waals surface area contributed by atoms with Crippen LogP contribution < -0.4 is 5.32 Å². The van der Waals surface area contributed by atoms with Crippen molar-refractivity contribution in [2.45, 2.75) is 6.10 Å². The first-order valence-corrected chi connectivity index (χ1v) is 6.38. The van der Waals surface area contributed by atoms with Crippen LogP contribution in [-0.2, 0) is 16.5 Å². The second-order valence-corrected chi connectivity index (χ2v) is 4.55. The van der Waals surface area contributed by atoms with Crippen LogP contribution in [0.15, 0.2) is 12.4 Å². The molecule has 2 heterocycles. The Morgan fingerprint density at radius 3 is 2.86 bits per heavy atom. The van der Waals surface area contributed by atoms with Gasteiger partial charge < -0.3 is 19.9 Å². The highest BCUT2D eigenvalue weighted by molar-refractivity contribution is 6.03. The van der Waals surface area contributed by atoms with Crippen molar-refractivity contribution in [2.24, 2.45) is 7.05 Å². The highest BCUT2D eigenvalue weighted by atomic mass is 16.5. The van der Waals surface area contributed by atoms with Crippen molar-refractivity contribution in [3.8, 4) is 0 Å². The van der Waals surface area contributed by atoms with E-state index in [9.17, 15) is 9.90 Å². The van der Waals surface area contributed by atoms with E-state index >= 15 is 0 Å². The van der Waals surface area contributed by atoms with Gasteiger partial charge in [0.1, 0.15) is 5.56 Å². The number of ether oxygens (including phenoxy) is 2. The summed E-state index contributed by atoms with van der Waals surface area (Å²) in [6.45, 7) is 0.825. The number of fused-ring (bicyclic) bond motifs is 1. The molecule has 1 unspecified atom stereocenters. The maximum Gasteiger partial charge on any atom is 0.339 e.